The van der Waals surface area contributed by atoms with E-state index in [4.69, 9.17) is 0 Å². The van der Waals surface area contributed by atoms with Crippen LogP contribution in [0.15, 0.2) is 54.6 Å². The van der Waals surface area contributed by atoms with Gasteiger partial charge >= 0.3 is 0 Å². The van der Waals surface area contributed by atoms with Gasteiger partial charge in [-0.3, -0.25) is 4.90 Å². The summed E-state index contributed by atoms with van der Waals surface area (Å²) in [6, 6.07) is 19.3. The molecule has 3 rings (SSSR count). The average Bonchev–Trinajstić information content (AvgIpc) is 2.87. The van der Waals surface area contributed by atoms with Gasteiger partial charge in [-0.2, -0.15) is 0 Å². The van der Waals surface area contributed by atoms with Crippen LogP contribution in [0.4, 0.5) is 0 Å². The molecule has 1 aliphatic rings. The SMILES string of the molecule is c1ccc(CNCCN2Cc3ccccc3C2)cc1. The molecule has 0 fully saturated rings. The normalized spacial score (nSPS) is 14.5. The monoisotopic (exact) mass is 252 g/mol. The van der Waals surface area contributed by atoms with E-state index in [1.807, 2.05) is 0 Å². The van der Waals surface area contributed by atoms with E-state index in [1.54, 1.807) is 0 Å². The van der Waals surface area contributed by atoms with Crippen LogP contribution in [-0.2, 0) is 19.6 Å². The third kappa shape index (κ3) is 3.22. The van der Waals surface area contributed by atoms with E-state index in [9.17, 15) is 0 Å². The number of nitrogens with one attached hydrogen (secondary N) is 1. The van der Waals surface area contributed by atoms with Crippen molar-refractivity contribution in [2.75, 3.05) is 13.1 Å². The van der Waals surface area contributed by atoms with Crippen LogP contribution in [0.1, 0.15) is 16.7 Å². The third-order valence-corrected chi connectivity index (χ3v) is 3.68. The van der Waals surface area contributed by atoms with Gasteiger partial charge in [0, 0.05) is 32.7 Å². The Morgan fingerprint density at radius 2 is 1.47 bits per heavy atom. The van der Waals surface area contributed by atoms with Gasteiger partial charge in [0.15, 0.2) is 0 Å². The van der Waals surface area contributed by atoms with Crippen molar-refractivity contribution in [3.63, 3.8) is 0 Å². The first-order valence-corrected chi connectivity index (χ1v) is 6.95. The molecule has 0 bridgehead atoms. The van der Waals surface area contributed by atoms with Crippen LogP contribution in [0, 0.1) is 0 Å². The Morgan fingerprint density at radius 3 is 2.16 bits per heavy atom. The van der Waals surface area contributed by atoms with Gasteiger partial charge in [-0.1, -0.05) is 54.6 Å². The summed E-state index contributed by atoms with van der Waals surface area (Å²) in [5.74, 6) is 0. The Balaban J connectivity index is 1.41. The topological polar surface area (TPSA) is 15.3 Å². The Morgan fingerprint density at radius 1 is 0.842 bits per heavy atom. The van der Waals surface area contributed by atoms with Crippen molar-refractivity contribution < 1.29 is 0 Å². The van der Waals surface area contributed by atoms with Gasteiger partial charge in [-0.25, -0.2) is 0 Å². The van der Waals surface area contributed by atoms with E-state index in [1.165, 1.54) is 16.7 Å². The highest BCUT2D eigenvalue weighted by molar-refractivity contribution is 5.30. The Labute approximate surface area is 115 Å². The molecule has 2 aromatic carbocycles. The molecule has 2 nitrogen and oxygen atoms in total. The van der Waals surface area contributed by atoms with Crippen molar-refractivity contribution >= 4 is 0 Å². The summed E-state index contributed by atoms with van der Waals surface area (Å²) < 4.78 is 0. The molecule has 0 saturated heterocycles. The zero-order chi connectivity index (χ0) is 12.9. The molecule has 0 aliphatic carbocycles. The summed E-state index contributed by atoms with van der Waals surface area (Å²) in [4.78, 5) is 2.50. The molecule has 19 heavy (non-hydrogen) atoms. The van der Waals surface area contributed by atoms with Crippen molar-refractivity contribution in [3.8, 4) is 0 Å². The highest BCUT2D eigenvalue weighted by Crippen LogP contribution is 2.21. The third-order valence-electron chi connectivity index (χ3n) is 3.68. The van der Waals surface area contributed by atoms with Gasteiger partial charge in [0.2, 0.25) is 0 Å². The fourth-order valence-corrected chi connectivity index (χ4v) is 2.63. The molecular formula is C17H20N2. The number of hydrogen-bond donors (Lipinski definition) is 1. The van der Waals surface area contributed by atoms with Gasteiger partial charge in [0.1, 0.15) is 0 Å². The molecule has 0 aromatic heterocycles. The number of nitrogens with zero attached hydrogens (tertiary/aromatic N) is 1. The van der Waals surface area contributed by atoms with E-state index in [0.717, 1.165) is 32.7 Å². The molecule has 0 unspecified atom stereocenters. The molecule has 98 valence electrons. The van der Waals surface area contributed by atoms with Gasteiger partial charge < -0.3 is 5.32 Å². The van der Waals surface area contributed by atoms with Crippen LogP contribution in [-0.4, -0.2) is 18.0 Å². The minimum Gasteiger partial charge on any atom is -0.311 e. The second-order valence-electron chi connectivity index (χ2n) is 5.14. The van der Waals surface area contributed by atoms with Crippen LogP contribution in [0.2, 0.25) is 0 Å². The highest BCUT2D eigenvalue weighted by atomic mass is 15.1. The van der Waals surface area contributed by atoms with E-state index in [-0.39, 0.29) is 0 Å². The summed E-state index contributed by atoms with van der Waals surface area (Å²) in [6.45, 7) is 5.32. The maximum absolute atomic E-state index is 3.51. The molecule has 0 saturated carbocycles. The number of rotatable bonds is 5. The van der Waals surface area contributed by atoms with Crippen molar-refractivity contribution in [2.24, 2.45) is 0 Å². The van der Waals surface area contributed by atoms with Crippen molar-refractivity contribution in [3.05, 3.63) is 71.3 Å². The lowest BCUT2D eigenvalue weighted by Gasteiger charge is -2.15. The van der Waals surface area contributed by atoms with E-state index >= 15 is 0 Å². The molecular weight excluding hydrogens is 232 g/mol. The minimum atomic E-state index is 0.960. The van der Waals surface area contributed by atoms with Gasteiger partial charge in [-0.15, -0.1) is 0 Å². The maximum Gasteiger partial charge on any atom is 0.0241 e. The van der Waals surface area contributed by atoms with Gasteiger partial charge in [0.25, 0.3) is 0 Å². The zero-order valence-corrected chi connectivity index (χ0v) is 11.2. The number of benzene rings is 2. The molecule has 1 N–H and O–H groups in total. The van der Waals surface area contributed by atoms with Crippen LogP contribution >= 0.6 is 0 Å². The molecule has 1 aliphatic heterocycles. The molecule has 0 spiro atoms. The van der Waals surface area contributed by atoms with E-state index in [2.05, 4.69) is 64.8 Å². The lowest BCUT2D eigenvalue weighted by molar-refractivity contribution is 0.283. The summed E-state index contributed by atoms with van der Waals surface area (Å²) in [6.07, 6.45) is 0. The quantitative estimate of drug-likeness (QED) is 0.823. The first-order chi connectivity index (χ1) is 9.42. The highest BCUT2D eigenvalue weighted by Gasteiger charge is 2.16. The fourth-order valence-electron chi connectivity index (χ4n) is 2.63. The molecule has 1 heterocycles. The predicted octanol–water partition coefficient (Wildman–Crippen LogP) is 2.79. The lowest BCUT2D eigenvalue weighted by atomic mass is 10.1. The second-order valence-corrected chi connectivity index (χ2v) is 5.14. The standard InChI is InChI=1S/C17H20N2/c1-2-6-15(7-3-1)12-18-10-11-19-13-16-8-4-5-9-17(16)14-19/h1-9,18H,10-14H2. The summed E-state index contributed by atoms with van der Waals surface area (Å²) >= 11 is 0. The van der Waals surface area contributed by atoms with Crippen LogP contribution in [0.3, 0.4) is 0 Å². The summed E-state index contributed by atoms with van der Waals surface area (Å²) in [5, 5.41) is 3.51. The molecule has 0 atom stereocenters. The Bertz CT molecular complexity index is 497. The summed E-state index contributed by atoms with van der Waals surface area (Å²) in [5.41, 5.74) is 4.34. The van der Waals surface area contributed by atoms with Crippen molar-refractivity contribution in [1.29, 1.82) is 0 Å². The van der Waals surface area contributed by atoms with Gasteiger partial charge in [0.05, 0.1) is 0 Å². The zero-order valence-electron chi connectivity index (χ0n) is 11.2. The average molecular weight is 252 g/mol. The van der Waals surface area contributed by atoms with Crippen molar-refractivity contribution in [1.82, 2.24) is 10.2 Å². The second kappa shape index (κ2) is 6.00. The smallest absolute Gasteiger partial charge is 0.0241 e. The number of hydrogen-bond acceptors (Lipinski definition) is 2. The first kappa shape index (κ1) is 12.4. The molecule has 2 heteroatoms. The van der Waals surface area contributed by atoms with E-state index in [0.29, 0.717) is 0 Å². The van der Waals surface area contributed by atoms with E-state index < -0.39 is 0 Å². The van der Waals surface area contributed by atoms with Crippen molar-refractivity contribution in [2.45, 2.75) is 19.6 Å². The maximum atomic E-state index is 3.51. The predicted molar refractivity (Wildman–Crippen MR) is 78.7 cm³/mol. The number of fused-ring (bicyclic) bond motifs is 1. The molecule has 0 amide bonds. The minimum absolute atomic E-state index is 0.960. The fraction of sp³-hybridized carbons (Fsp3) is 0.294. The van der Waals surface area contributed by atoms with Crippen LogP contribution < -0.4 is 5.32 Å². The Hall–Kier alpha value is -1.64. The van der Waals surface area contributed by atoms with Crippen LogP contribution in [0.5, 0.6) is 0 Å². The molecule has 0 radical (unpaired) electrons. The lowest BCUT2D eigenvalue weighted by Crippen LogP contribution is -2.28. The first-order valence-electron chi connectivity index (χ1n) is 6.95. The summed E-state index contributed by atoms with van der Waals surface area (Å²) in [7, 11) is 0. The Kier molecular flexibility index (Phi) is 3.92. The van der Waals surface area contributed by atoms with Gasteiger partial charge in [-0.05, 0) is 16.7 Å². The largest absolute Gasteiger partial charge is 0.311 e. The molecule has 2 aromatic rings. The van der Waals surface area contributed by atoms with Crippen LogP contribution in [0.25, 0.3) is 0 Å².